The fraction of sp³-hybridized carbons (Fsp3) is 0.545. The number of rotatable bonds is 5. The van der Waals surface area contributed by atoms with Gasteiger partial charge in [0.1, 0.15) is 0 Å². The number of sulfone groups is 1. The van der Waals surface area contributed by atoms with E-state index in [1.807, 2.05) is 29.2 Å². The van der Waals surface area contributed by atoms with Gasteiger partial charge in [-0.1, -0.05) is 25.1 Å². The van der Waals surface area contributed by atoms with Crippen LogP contribution in [0.4, 0.5) is 19.3 Å². The van der Waals surface area contributed by atoms with Gasteiger partial charge in [0.25, 0.3) is 5.92 Å². The third-order valence-corrected chi connectivity index (χ3v) is 8.15. The Labute approximate surface area is 187 Å². The number of amidine groups is 1. The van der Waals surface area contributed by atoms with Crippen LogP contribution in [0.15, 0.2) is 41.0 Å². The first-order valence-corrected chi connectivity index (χ1v) is 12.5. The average Bonchev–Trinajstić information content (AvgIpc) is 3.16. The van der Waals surface area contributed by atoms with Crippen LogP contribution in [0.3, 0.4) is 0 Å². The van der Waals surface area contributed by atoms with Crippen molar-refractivity contribution in [2.24, 2.45) is 10.4 Å². The van der Waals surface area contributed by atoms with Crippen molar-refractivity contribution in [2.75, 3.05) is 43.1 Å². The number of likely N-dealkylation sites (N-methyl/N-ethyl adjacent to an activating group) is 1. The number of alkyl halides is 2. The van der Waals surface area contributed by atoms with E-state index >= 15 is 0 Å². The molecule has 0 radical (unpaired) electrons. The van der Waals surface area contributed by atoms with Crippen LogP contribution in [-0.2, 0) is 16.4 Å². The highest BCUT2D eigenvalue weighted by molar-refractivity contribution is 7.91. The zero-order valence-electron chi connectivity index (χ0n) is 18.5. The number of urea groups is 1. The fourth-order valence-electron chi connectivity index (χ4n) is 4.25. The Morgan fingerprint density at radius 2 is 1.88 bits per heavy atom. The largest absolute Gasteiger partial charge is 0.369 e. The first kappa shape index (κ1) is 22.7. The molecule has 174 valence electrons. The summed E-state index contributed by atoms with van der Waals surface area (Å²) in [6.07, 6.45) is 1.51. The minimum atomic E-state index is -2.96. The highest BCUT2D eigenvalue weighted by Gasteiger charge is 2.69. The predicted molar refractivity (Wildman–Crippen MR) is 120 cm³/mol. The molecule has 10 heteroatoms. The lowest BCUT2D eigenvalue weighted by molar-refractivity contribution is 0.0622. The van der Waals surface area contributed by atoms with E-state index < -0.39 is 21.2 Å². The van der Waals surface area contributed by atoms with Crippen LogP contribution >= 0.6 is 0 Å². The summed E-state index contributed by atoms with van der Waals surface area (Å²) < 4.78 is 50.9. The molecule has 0 bridgehead atoms. The lowest BCUT2D eigenvalue weighted by atomic mass is 10.1. The van der Waals surface area contributed by atoms with Crippen molar-refractivity contribution in [3.63, 3.8) is 0 Å². The fourth-order valence-corrected chi connectivity index (χ4v) is 5.45. The minimum absolute atomic E-state index is 0.0464. The van der Waals surface area contributed by atoms with E-state index in [2.05, 4.69) is 4.99 Å². The van der Waals surface area contributed by atoms with Crippen molar-refractivity contribution in [2.45, 2.75) is 32.7 Å². The Hall–Kier alpha value is -2.49. The molecule has 7 nitrogen and oxygen atoms in total. The van der Waals surface area contributed by atoms with Crippen molar-refractivity contribution in [1.82, 2.24) is 9.80 Å². The Morgan fingerprint density at radius 3 is 2.47 bits per heavy atom. The zero-order valence-corrected chi connectivity index (χ0v) is 19.3. The van der Waals surface area contributed by atoms with E-state index in [0.29, 0.717) is 31.2 Å². The molecule has 2 saturated heterocycles. The Balaban J connectivity index is 1.50. The average molecular weight is 467 g/mol. The van der Waals surface area contributed by atoms with Gasteiger partial charge in [-0.25, -0.2) is 22.0 Å². The van der Waals surface area contributed by atoms with Crippen molar-refractivity contribution < 1.29 is 22.0 Å². The second-order valence-corrected chi connectivity index (χ2v) is 11.3. The van der Waals surface area contributed by atoms with Gasteiger partial charge in [-0.2, -0.15) is 0 Å². The van der Waals surface area contributed by atoms with Gasteiger partial charge in [0, 0.05) is 38.8 Å². The van der Waals surface area contributed by atoms with Gasteiger partial charge in [-0.3, -0.25) is 14.8 Å². The topological polar surface area (TPSA) is 73.3 Å². The number of amides is 2. The maximum Gasteiger partial charge on any atom is 0.330 e. The van der Waals surface area contributed by atoms with Crippen molar-refractivity contribution in [3.05, 3.63) is 41.6 Å². The second-order valence-electron chi connectivity index (χ2n) is 8.99. The van der Waals surface area contributed by atoms with Crippen LogP contribution in [0.1, 0.15) is 25.8 Å². The monoisotopic (exact) mass is 466 g/mol. The van der Waals surface area contributed by atoms with E-state index in [1.165, 1.54) is 16.7 Å². The number of anilines is 1. The van der Waals surface area contributed by atoms with E-state index in [4.69, 9.17) is 0 Å². The highest BCUT2D eigenvalue weighted by atomic mass is 32.2. The van der Waals surface area contributed by atoms with Gasteiger partial charge >= 0.3 is 6.03 Å². The summed E-state index contributed by atoms with van der Waals surface area (Å²) in [6.45, 7) is 4.45. The molecule has 2 aliphatic heterocycles. The van der Waals surface area contributed by atoms with Crippen LogP contribution in [-0.4, -0.2) is 74.2 Å². The summed E-state index contributed by atoms with van der Waals surface area (Å²) >= 11 is 0. The molecule has 0 spiro atoms. The molecule has 1 saturated carbocycles. The molecular weight excluding hydrogens is 438 g/mol. The van der Waals surface area contributed by atoms with Crippen molar-refractivity contribution in [3.8, 4) is 0 Å². The maximum atomic E-state index is 13.8. The van der Waals surface area contributed by atoms with Crippen LogP contribution in [0.2, 0.25) is 0 Å². The van der Waals surface area contributed by atoms with E-state index in [-0.39, 0.29) is 30.5 Å². The molecule has 3 aliphatic rings. The third-order valence-electron chi connectivity index (χ3n) is 6.54. The van der Waals surface area contributed by atoms with Gasteiger partial charge in [0.15, 0.2) is 15.7 Å². The SMILES string of the molecule is C/C=C1\C(=NCc2cccc(N3CCS(=O)(=O)CC3)c2)N(C)C(=O)N1CC1(C)CC1(F)F. The Bertz CT molecular complexity index is 1090. The second kappa shape index (κ2) is 7.83. The summed E-state index contributed by atoms with van der Waals surface area (Å²) in [4.78, 5) is 22.2. The first-order valence-electron chi connectivity index (χ1n) is 10.6. The summed E-state index contributed by atoms with van der Waals surface area (Å²) in [5.74, 6) is -2.01. The smallest absolute Gasteiger partial charge is 0.330 e. The Kier molecular flexibility index (Phi) is 5.55. The molecule has 1 atom stereocenters. The highest BCUT2D eigenvalue weighted by Crippen LogP contribution is 2.60. The molecule has 2 amide bonds. The molecule has 32 heavy (non-hydrogen) atoms. The number of carbonyl (C=O) groups excluding carboxylic acids is 1. The molecule has 4 rings (SSSR count). The van der Waals surface area contributed by atoms with Crippen molar-refractivity contribution >= 4 is 27.4 Å². The standard InChI is InChI=1S/C22H28F2N4O3S/c1-4-18-19(26(3)20(29)28(18)15-21(2)14-22(21,23)24)25-13-16-6-5-7-17(12-16)27-8-10-32(30,31)11-9-27/h4-7,12H,8-11,13-15H2,1-3H3/b18-4+,25-19?. The molecule has 3 fully saturated rings. The van der Waals surface area contributed by atoms with Crippen LogP contribution < -0.4 is 4.90 Å². The van der Waals surface area contributed by atoms with E-state index in [1.54, 1.807) is 20.0 Å². The van der Waals surface area contributed by atoms with Gasteiger partial charge in [-0.15, -0.1) is 0 Å². The number of hydrogen-bond acceptors (Lipinski definition) is 5. The minimum Gasteiger partial charge on any atom is -0.369 e. The van der Waals surface area contributed by atoms with Crippen LogP contribution in [0, 0.1) is 5.41 Å². The van der Waals surface area contributed by atoms with Gasteiger partial charge in [0.05, 0.1) is 29.2 Å². The number of halogens is 2. The summed E-state index contributed by atoms with van der Waals surface area (Å²) in [7, 11) is -1.36. The quantitative estimate of drug-likeness (QED) is 0.668. The number of carbonyl (C=O) groups is 1. The molecule has 1 aliphatic carbocycles. The number of nitrogens with zero attached hydrogens (tertiary/aromatic N) is 4. The van der Waals surface area contributed by atoms with E-state index in [9.17, 15) is 22.0 Å². The van der Waals surface area contributed by atoms with E-state index in [0.717, 1.165) is 11.3 Å². The molecule has 1 aromatic rings. The molecule has 1 aromatic carbocycles. The predicted octanol–water partition coefficient (Wildman–Crippen LogP) is 3.14. The summed E-state index contributed by atoms with van der Waals surface area (Å²) in [6, 6.07) is 7.37. The number of allylic oxidation sites excluding steroid dienone is 1. The third kappa shape index (κ3) is 4.12. The molecule has 1 unspecified atom stereocenters. The zero-order chi connectivity index (χ0) is 23.3. The van der Waals surface area contributed by atoms with Crippen LogP contribution in [0.25, 0.3) is 0 Å². The number of aliphatic imine (C=N–C) groups is 1. The molecule has 2 heterocycles. The first-order chi connectivity index (χ1) is 15.0. The Morgan fingerprint density at radius 1 is 1.22 bits per heavy atom. The van der Waals surface area contributed by atoms with Gasteiger partial charge < -0.3 is 4.90 Å². The molecule has 0 N–H and O–H groups in total. The van der Waals surface area contributed by atoms with Crippen LogP contribution in [0.5, 0.6) is 0 Å². The van der Waals surface area contributed by atoms with Gasteiger partial charge in [0.2, 0.25) is 0 Å². The number of hydrogen-bond donors (Lipinski definition) is 0. The summed E-state index contributed by atoms with van der Waals surface area (Å²) in [5, 5.41) is 0. The maximum absolute atomic E-state index is 13.8. The lowest BCUT2D eigenvalue weighted by Gasteiger charge is -2.29. The molecular formula is C22H28F2N4O3S. The van der Waals surface area contributed by atoms with Gasteiger partial charge in [-0.05, 0) is 24.6 Å². The normalized spacial score (nSPS) is 29.3. The lowest BCUT2D eigenvalue weighted by Crippen LogP contribution is -2.40. The number of benzene rings is 1. The van der Waals surface area contributed by atoms with Crippen molar-refractivity contribution in [1.29, 1.82) is 0 Å². The molecule has 0 aromatic heterocycles. The summed E-state index contributed by atoms with van der Waals surface area (Å²) in [5.41, 5.74) is 1.19.